The molecule has 0 saturated heterocycles. The highest BCUT2D eigenvalue weighted by Crippen LogP contribution is 2.30. The molecule has 0 aliphatic rings. The second-order valence-corrected chi connectivity index (χ2v) is 4.88. The highest BCUT2D eigenvalue weighted by molar-refractivity contribution is 14.1. The van der Waals surface area contributed by atoms with E-state index >= 15 is 0 Å². The first-order valence-electron chi connectivity index (χ1n) is 4.00. The molecule has 1 heterocycles. The summed E-state index contributed by atoms with van der Waals surface area (Å²) in [5.74, 6) is 0. The first-order valence-corrected chi connectivity index (χ1v) is 5.84. The standard InChI is InChI=1S/C10H6Cl2IN/c1-5-10(13)9(12)7-3-2-6(11)4-8(7)14-5/h2-4H,1H3. The monoisotopic (exact) mass is 337 g/mol. The van der Waals surface area contributed by atoms with Crippen LogP contribution in [0.5, 0.6) is 0 Å². The molecule has 1 aromatic heterocycles. The number of halogens is 3. The van der Waals surface area contributed by atoms with Crippen molar-refractivity contribution in [3.8, 4) is 0 Å². The molecule has 14 heavy (non-hydrogen) atoms. The zero-order chi connectivity index (χ0) is 10.3. The predicted molar refractivity (Wildman–Crippen MR) is 69.2 cm³/mol. The van der Waals surface area contributed by atoms with Crippen LogP contribution in [0.4, 0.5) is 0 Å². The Balaban J connectivity index is 2.91. The molecule has 0 spiro atoms. The highest BCUT2D eigenvalue weighted by atomic mass is 127. The van der Waals surface area contributed by atoms with Crippen LogP contribution in [0.3, 0.4) is 0 Å². The number of hydrogen-bond donors (Lipinski definition) is 0. The maximum Gasteiger partial charge on any atom is 0.0735 e. The van der Waals surface area contributed by atoms with Gasteiger partial charge < -0.3 is 0 Å². The van der Waals surface area contributed by atoms with Crippen molar-refractivity contribution in [2.75, 3.05) is 0 Å². The Bertz CT molecular complexity index is 511. The minimum absolute atomic E-state index is 0.682. The van der Waals surface area contributed by atoms with Gasteiger partial charge in [-0.1, -0.05) is 23.2 Å². The van der Waals surface area contributed by atoms with Gasteiger partial charge >= 0.3 is 0 Å². The summed E-state index contributed by atoms with van der Waals surface area (Å²) in [6.45, 7) is 1.94. The van der Waals surface area contributed by atoms with E-state index in [1.165, 1.54) is 0 Å². The van der Waals surface area contributed by atoms with Gasteiger partial charge in [0.05, 0.1) is 19.8 Å². The Morgan fingerprint density at radius 3 is 2.71 bits per heavy atom. The number of rotatable bonds is 0. The topological polar surface area (TPSA) is 12.9 Å². The Morgan fingerprint density at radius 2 is 2.00 bits per heavy atom. The quantitative estimate of drug-likeness (QED) is 0.647. The molecule has 0 radical (unpaired) electrons. The molecule has 0 amide bonds. The van der Waals surface area contributed by atoms with Gasteiger partial charge in [-0.05, 0) is 47.7 Å². The van der Waals surface area contributed by atoms with E-state index in [0.29, 0.717) is 5.02 Å². The fourth-order valence-corrected chi connectivity index (χ4v) is 2.16. The second-order valence-electron chi connectivity index (χ2n) is 2.99. The Hall–Kier alpha value is -0.0600. The van der Waals surface area contributed by atoms with Gasteiger partial charge in [-0.2, -0.15) is 0 Å². The molecule has 0 saturated carbocycles. The molecule has 0 atom stereocenters. The van der Waals surface area contributed by atoms with Crippen LogP contribution in [0.1, 0.15) is 5.69 Å². The van der Waals surface area contributed by atoms with Gasteiger partial charge in [-0.25, -0.2) is 0 Å². The molecule has 2 rings (SSSR count). The summed E-state index contributed by atoms with van der Waals surface area (Å²) in [6.07, 6.45) is 0. The van der Waals surface area contributed by atoms with E-state index in [9.17, 15) is 0 Å². The lowest BCUT2D eigenvalue weighted by Crippen LogP contribution is -1.90. The number of fused-ring (bicyclic) bond motifs is 1. The lowest BCUT2D eigenvalue weighted by molar-refractivity contribution is 1.23. The zero-order valence-electron chi connectivity index (χ0n) is 7.31. The van der Waals surface area contributed by atoms with Crippen LogP contribution in [-0.2, 0) is 0 Å². The Kier molecular flexibility index (Phi) is 2.86. The van der Waals surface area contributed by atoms with Gasteiger partial charge in [0, 0.05) is 10.4 Å². The van der Waals surface area contributed by atoms with E-state index in [4.69, 9.17) is 23.2 Å². The smallest absolute Gasteiger partial charge is 0.0735 e. The molecular formula is C10H6Cl2IN. The van der Waals surface area contributed by atoms with Crippen molar-refractivity contribution in [2.24, 2.45) is 0 Å². The average molecular weight is 338 g/mol. The summed E-state index contributed by atoms with van der Waals surface area (Å²) < 4.78 is 0.999. The van der Waals surface area contributed by atoms with Crippen molar-refractivity contribution < 1.29 is 0 Å². The van der Waals surface area contributed by atoms with Crippen molar-refractivity contribution in [2.45, 2.75) is 6.92 Å². The predicted octanol–water partition coefficient (Wildman–Crippen LogP) is 4.45. The van der Waals surface area contributed by atoms with Crippen LogP contribution >= 0.6 is 45.8 Å². The third-order valence-electron chi connectivity index (χ3n) is 1.99. The summed E-state index contributed by atoms with van der Waals surface area (Å²) in [7, 11) is 0. The van der Waals surface area contributed by atoms with Crippen molar-refractivity contribution in [1.82, 2.24) is 4.98 Å². The van der Waals surface area contributed by atoms with Crippen molar-refractivity contribution in [1.29, 1.82) is 0 Å². The Labute approximate surface area is 106 Å². The number of hydrogen-bond acceptors (Lipinski definition) is 1. The summed E-state index contributed by atoms with van der Waals surface area (Å²) in [5, 5.41) is 2.39. The van der Waals surface area contributed by atoms with Crippen LogP contribution in [0.15, 0.2) is 18.2 Å². The molecule has 1 aromatic carbocycles. The number of pyridine rings is 1. The van der Waals surface area contributed by atoms with Gasteiger partial charge in [0.15, 0.2) is 0 Å². The van der Waals surface area contributed by atoms with Gasteiger partial charge in [-0.3, -0.25) is 4.98 Å². The maximum absolute atomic E-state index is 6.19. The normalized spacial score (nSPS) is 10.9. The molecule has 0 aliphatic carbocycles. The number of aryl methyl sites for hydroxylation is 1. The summed E-state index contributed by atoms with van der Waals surface area (Å²) >= 11 is 14.3. The SMILES string of the molecule is Cc1nc2cc(Cl)ccc2c(Cl)c1I. The van der Waals surface area contributed by atoms with Crippen LogP contribution in [0, 0.1) is 10.5 Å². The fraction of sp³-hybridized carbons (Fsp3) is 0.100. The molecule has 2 aromatic rings. The highest BCUT2D eigenvalue weighted by Gasteiger charge is 2.08. The number of aromatic nitrogens is 1. The minimum atomic E-state index is 0.682. The van der Waals surface area contributed by atoms with E-state index in [-0.39, 0.29) is 0 Å². The summed E-state index contributed by atoms with van der Waals surface area (Å²) in [5.41, 5.74) is 1.78. The van der Waals surface area contributed by atoms with E-state index in [2.05, 4.69) is 27.6 Å². The van der Waals surface area contributed by atoms with Gasteiger partial charge in [0.2, 0.25) is 0 Å². The molecule has 0 aliphatic heterocycles. The third kappa shape index (κ3) is 1.71. The van der Waals surface area contributed by atoms with Crippen LogP contribution < -0.4 is 0 Å². The lowest BCUT2D eigenvalue weighted by Gasteiger charge is -2.05. The van der Waals surface area contributed by atoms with Crippen molar-refractivity contribution >= 4 is 56.7 Å². The van der Waals surface area contributed by atoms with E-state index in [1.54, 1.807) is 0 Å². The van der Waals surface area contributed by atoms with Gasteiger partial charge in [0.25, 0.3) is 0 Å². The first kappa shape index (κ1) is 10.5. The maximum atomic E-state index is 6.19. The number of benzene rings is 1. The van der Waals surface area contributed by atoms with E-state index in [1.807, 2.05) is 25.1 Å². The van der Waals surface area contributed by atoms with Gasteiger partial charge in [0.1, 0.15) is 0 Å². The first-order chi connectivity index (χ1) is 6.59. The third-order valence-corrected chi connectivity index (χ3v) is 4.26. The zero-order valence-corrected chi connectivity index (χ0v) is 11.0. The van der Waals surface area contributed by atoms with Crippen LogP contribution in [0.2, 0.25) is 10.0 Å². The van der Waals surface area contributed by atoms with E-state index in [0.717, 1.165) is 25.2 Å². The molecule has 0 unspecified atom stereocenters. The largest absolute Gasteiger partial charge is 0.252 e. The molecule has 72 valence electrons. The molecule has 1 nitrogen and oxygen atoms in total. The van der Waals surface area contributed by atoms with E-state index < -0.39 is 0 Å². The molecular weight excluding hydrogens is 332 g/mol. The molecule has 0 bridgehead atoms. The van der Waals surface area contributed by atoms with Crippen LogP contribution in [0.25, 0.3) is 10.9 Å². The lowest BCUT2D eigenvalue weighted by atomic mass is 10.2. The van der Waals surface area contributed by atoms with Crippen LogP contribution in [-0.4, -0.2) is 4.98 Å². The summed E-state index contributed by atoms with van der Waals surface area (Å²) in [4.78, 5) is 4.42. The molecule has 4 heteroatoms. The molecule has 0 fully saturated rings. The van der Waals surface area contributed by atoms with Crippen molar-refractivity contribution in [3.05, 3.63) is 37.5 Å². The molecule has 0 N–H and O–H groups in total. The second kappa shape index (κ2) is 3.83. The summed E-state index contributed by atoms with van der Waals surface area (Å²) in [6, 6.07) is 5.54. The van der Waals surface area contributed by atoms with Crippen molar-refractivity contribution in [3.63, 3.8) is 0 Å². The van der Waals surface area contributed by atoms with Gasteiger partial charge in [-0.15, -0.1) is 0 Å². The Morgan fingerprint density at radius 1 is 1.29 bits per heavy atom. The minimum Gasteiger partial charge on any atom is -0.252 e. The number of nitrogens with zero attached hydrogens (tertiary/aromatic N) is 1. The fourth-order valence-electron chi connectivity index (χ4n) is 1.29. The average Bonchev–Trinajstić information content (AvgIpc) is 2.14.